The summed E-state index contributed by atoms with van der Waals surface area (Å²) in [5.74, 6) is -1.10. The van der Waals surface area contributed by atoms with E-state index in [4.69, 9.17) is 23.8 Å². The zero-order valence-corrected chi connectivity index (χ0v) is 15.4. The Bertz CT molecular complexity index is 678. The number of amides is 1. The van der Waals surface area contributed by atoms with Crippen molar-refractivity contribution < 1.29 is 14.7 Å². The normalized spacial score (nSPS) is 17.8. The van der Waals surface area contributed by atoms with Crippen LogP contribution in [0.2, 0.25) is 5.02 Å². The second-order valence-electron chi connectivity index (χ2n) is 4.72. The molecule has 1 amide bonds. The summed E-state index contributed by atoms with van der Waals surface area (Å²) in [4.78, 5) is 25.4. The van der Waals surface area contributed by atoms with Crippen molar-refractivity contribution in [3.8, 4) is 0 Å². The van der Waals surface area contributed by atoms with Crippen LogP contribution in [0.1, 0.15) is 12.0 Å². The van der Waals surface area contributed by atoms with Gasteiger partial charge in [0, 0.05) is 5.02 Å². The Labute approximate surface area is 153 Å². The molecule has 1 atom stereocenters. The standard InChI is InChI=1S/C15H14ClNO3S3/c1-22-6-5-11(14(19)20)17-13(18)12(23-15(17)21)8-9-3-2-4-10(16)7-9/h2-4,7-8,11H,5-6H2,1H3,(H,19,20)/p-1/b12-8-/t11-/m0/s1. The first-order valence-corrected chi connectivity index (χ1v) is 9.66. The molecule has 1 fully saturated rings. The largest absolute Gasteiger partial charge is 0.548 e. The molecule has 1 heterocycles. The van der Waals surface area contributed by atoms with Crippen LogP contribution in [0.3, 0.4) is 0 Å². The van der Waals surface area contributed by atoms with Crippen molar-refractivity contribution in [2.45, 2.75) is 12.5 Å². The fraction of sp³-hybridized carbons (Fsp3) is 0.267. The van der Waals surface area contributed by atoms with Gasteiger partial charge in [-0.2, -0.15) is 11.8 Å². The van der Waals surface area contributed by atoms with E-state index in [0.29, 0.717) is 22.1 Å². The van der Waals surface area contributed by atoms with Crippen molar-refractivity contribution in [3.05, 3.63) is 39.8 Å². The molecule has 8 heteroatoms. The summed E-state index contributed by atoms with van der Waals surface area (Å²) in [7, 11) is 0. The maximum absolute atomic E-state index is 12.5. The summed E-state index contributed by atoms with van der Waals surface area (Å²) in [5, 5.41) is 11.9. The number of rotatable bonds is 6. The molecule has 2 rings (SSSR count). The fourth-order valence-electron chi connectivity index (χ4n) is 2.08. The van der Waals surface area contributed by atoms with Crippen molar-refractivity contribution in [2.24, 2.45) is 0 Å². The van der Waals surface area contributed by atoms with E-state index in [9.17, 15) is 14.7 Å². The molecule has 122 valence electrons. The highest BCUT2D eigenvalue weighted by atomic mass is 35.5. The molecular formula is C15H13ClNO3S3-. The van der Waals surface area contributed by atoms with E-state index in [0.717, 1.165) is 22.2 Å². The Balaban J connectivity index is 2.26. The second kappa shape index (κ2) is 8.19. The molecule has 0 aliphatic carbocycles. The first-order chi connectivity index (χ1) is 10.9. The highest BCUT2D eigenvalue weighted by molar-refractivity contribution is 8.26. The van der Waals surface area contributed by atoms with Crippen LogP contribution < -0.4 is 5.11 Å². The molecule has 1 aromatic rings. The van der Waals surface area contributed by atoms with E-state index < -0.39 is 17.9 Å². The summed E-state index contributed by atoms with van der Waals surface area (Å²) in [6.45, 7) is 0. The summed E-state index contributed by atoms with van der Waals surface area (Å²) in [5.41, 5.74) is 0.757. The van der Waals surface area contributed by atoms with Crippen molar-refractivity contribution in [1.29, 1.82) is 0 Å². The number of nitrogens with zero attached hydrogens (tertiary/aromatic N) is 1. The van der Waals surface area contributed by atoms with Crippen LogP contribution in [-0.2, 0) is 9.59 Å². The fourth-order valence-corrected chi connectivity index (χ4v) is 4.09. The highest BCUT2D eigenvalue weighted by Crippen LogP contribution is 2.34. The average molecular weight is 387 g/mol. The van der Waals surface area contributed by atoms with E-state index >= 15 is 0 Å². The van der Waals surface area contributed by atoms with Crippen LogP contribution in [0.4, 0.5) is 0 Å². The minimum absolute atomic E-state index is 0.235. The minimum Gasteiger partial charge on any atom is -0.548 e. The lowest BCUT2D eigenvalue weighted by Gasteiger charge is -2.27. The van der Waals surface area contributed by atoms with Gasteiger partial charge >= 0.3 is 0 Å². The topological polar surface area (TPSA) is 60.4 Å². The number of hydrogen-bond acceptors (Lipinski definition) is 6. The number of thioether (sulfide) groups is 2. The van der Waals surface area contributed by atoms with Gasteiger partial charge in [0.05, 0.1) is 16.9 Å². The van der Waals surface area contributed by atoms with Gasteiger partial charge in [-0.1, -0.05) is 47.7 Å². The summed E-state index contributed by atoms with van der Waals surface area (Å²) >= 11 is 13.7. The van der Waals surface area contributed by atoms with Crippen LogP contribution in [0.15, 0.2) is 29.2 Å². The Kier molecular flexibility index (Phi) is 6.52. The van der Waals surface area contributed by atoms with Crippen molar-refractivity contribution in [1.82, 2.24) is 4.90 Å². The summed E-state index contributed by atoms with van der Waals surface area (Å²) in [6, 6.07) is 6.00. The maximum atomic E-state index is 12.5. The molecule has 0 radical (unpaired) electrons. The molecule has 0 saturated carbocycles. The lowest BCUT2D eigenvalue weighted by molar-refractivity contribution is -0.310. The molecular weight excluding hydrogens is 374 g/mol. The SMILES string of the molecule is CSCC[C@@H](C(=O)[O-])N1C(=O)/C(=C/c2cccc(Cl)c2)SC1=S. The molecule has 1 aliphatic rings. The third kappa shape index (κ3) is 4.50. The first-order valence-electron chi connectivity index (χ1n) is 6.66. The Morgan fingerprint density at radius 3 is 2.91 bits per heavy atom. The van der Waals surface area contributed by atoms with Crippen LogP contribution in [0.5, 0.6) is 0 Å². The van der Waals surface area contributed by atoms with E-state index in [1.54, 1.807) is 24.3 Å². The van der Waals surface area contributed by atoms with Crippen molar-refractivity contribution >= 4 is 69.6 Å². The molecule has 1 aromatic carbocycles. The maximum Gasteiger partial charge on any atom is 0.266 e. The lowest BCUT2D eigenvalue weighted by Crippen LogP contribution is -2.50. The number of thiocarbonyl (C=S) groups is 1. The van der Waals surface area contributed by atoms with Gasteiger partial charge in [-0.3, -0.25) is 9.69 Å². The molecule has 4 nitrogen and oxygen atoms in total. The highest BCUT2D eigenvalue weighted by Gasteiger charge is 2.37. The molecule has 0 bridgehead atoms. The minimum atomic E-state index is -1.29. The van der Waals surface area contributed by atoms with E-state index in [1.165, 1.54) is 11.8 Å². The van der Waals surface area contributed by atoms with Crippen LogP contribution >= 0.6 is 47.3 Å². The first kappa shape index (κ1) is 18.3. The third-order valence-corrected chi connectivity index (χ3v) is 5.36. The molecule has 0 unspecified atom stereocenters. The predicted octanol–water partition coefficient (Wildman–Crippen LogP) is 2.41. The Hall–Kier alpha value is -1.02. The summed E-state index contributed by atoms with van der Waals surface area (Å²) < 4.78 is 0.235. The number of aliphatic carboxylic acids is 1. The number of carboxylic acids is 1. The van der Waals surface area contributed by atoms with Crippen LogP contribution in [0.25, 0.3) is 6.08 Å². The average Bonchev–Trinajstić information content (AvgIpc) is 2.75. The second-order valence-corrected chi connectivity index (χ2v) is 7.82. The molecule has 1 aliphatic heterocycles. The van der Waals surface area contributed by atoms with Gasteiger partial charge < -0.3 is 9.90 Å². The van der Waals surface area contributed by atoms with Gasteiger partial charge in [0.1, 0.15) is 4.32 Å². The van der Waals surface area contributed by atoms with Gasteiger partial charge in [-0.25, -0.2) is 0 Å². The van der Waals surface area contributed by atoms with Gasteiger partial charge in [-0.05, 0) is 42.2 Å². The summed E-state index contributed by atoms with van der Waals surface area (Å²) in [6.07, 6.45) is 3.82. The molecule has 0 spiro atoms. The quantitative estimate of drug-likeness (QED) is 0.552. The molecule has 0 aromatic heterocycles. The van der Waals surface area contributed by atoms with E-state index in [1.807, 2.05) is 12.3 Å². The predicted molar refractivity (Wildman–Crippen MR) is 98.3 cm³/mol. The number of carboxylic acid groups (broad SMARTS) is 1. The zero-order valence-electron chi connectivity index (χ0n) is 12.2. The third-order valence-electron chi connectivity index (χ3n) is 3.15. The molecule has 0 N–H and O–H groups in total. The van der Waals surface area contributed by atoms with E-state index in [-0.39, 0.29) is 4.32 Å². The van der Waals surface area contributed by atoms with Gasteiger partial charge in [0.25, 0.3) is 5.91 Å². The number of halogens is 1. The van der Waals surface area contributed by atoms with Crippen molar-refractivity contribution in [2.75, 3.05) is 12.0 Å². The Morgan fingerprint density at radius 2 is 2.30 bits per heavy atom. The monoisotopic (exact) mass is 386 g/mol. The number of carbonyl (C=O) groups is 2. The van der Waals surface area contributed by atoms with Crippen molar-refractivity contribution in [3.63, 3.8) is 0 Å². The lowest BCUT2D eigenvalue weighted by atomic mass is 10.2. The number of benzene rings is 1. The Morgan fingerprint density at radius 1 is 1.57 bits per heavy atom. The number of hydrogen-bond donors (Lipinski definition) is 0. The van der Waals surface area contributed by atoms with Crippen LogP contribution in [0, 0.1) is 0 Å². The molecule has 23 heavy (non-hydrogen) atoms. The number of carbonyl (C=O) groups excluding carboxylic acids is 2. The van der Waals surface area contributed by atoms with E-state index in [2.05, 4.69) is 0 Å². The zero-order chi connectivity index (χ0) is 17.0. The smallest absolute Gasteiger partial charge is 0.266 e. The van der Waals surface area contributed by atoms with Gasteiger partial charge in [0.15, 0.2) is 0 Å². The van der Waals surface area contributed by atoms with Crippen LogP contribution in [-0.4, -0.2) is 39.1 Å². The molecule has 1 saturated heterocycles. The van der Waals surface area contributed by atoms with Gasteiger partial charge in [0.2, 0.25) is 0 Å². The van der Waals surface area contributed by atoms with Gasteiger partial charge in [-0.15, -0.1) is 0 Å².